The summed E-state index contributed by atoms with van der Waals surface area (Å²) >= 11 is 1.76. The van der Waals surface area contributed by atoms with Crippen molar-refractivity contribution in [3.8, 4) is 0 Å². The minimum Gasteiger partial charge on any atom is -0.386 e. The van der Waals surface area contributed by atoms with Crippen LogP contribution >= 0.6 is 22.6 Å². The summed E-state index contributed by atoms with van der Waals surface area (Å²) in [7, 11) is -3.23. The first kappa shape index (κ1) is 12.9. The van der Waals surface area contributed by atoms with Crippen LogP contribution in [-0.2, 0) is 9.84 Å². The fourth-order valence-corrected chi connectivity index (χ4v) is 2.30. The molecule has 1 aromatic carbocycles. The van der Waals surface area contributed by atoms with Gasteiger partial charge in [-0.05, 0) is 18.1 Å². The van der Waals surface area contributed by atoms with Crippen molar-refractivity contribution >= 4 is 32.4 Å². The molecular formula is C10H13IO3S. The fraction of sp³-hybridized carbons (Fsp3) is 0.400. The van der Waals surface area contributed by atoms with Crippen molar-refractivity contribution < 1.29 is 13.5 Å². The number of aliphatic hydroxyl groups excluding tert-OH is 1. The largest absolute Gasteiger partial charge is 0.386 e. The summed E-state index contributed by atoms with van der Waals surface area (Å²) < 4.78 is 21.8. The van der Waals surface area contributed by atoms with E-state index in [9.17, 15) is 13.5 Å². The van der Waals surface area contributed by atoms with Crippen LogP contribution in [0.5, 0.6) is 0 Å². The first-order chi connectivity index (χ1) is 6.84. The summed E-state index contributed by atoms with van der Waals surface area (Å²) in [5, 5.41) is 9.92. The van der Waals surface area contributed by atoms with Gasteiger partial charge in [-0.3, -0.25) is 0 Å². The van der Waals surface area contributed by atoms with E-state index in [-0.39, 0.29) is 0 Å². The summed E-state index contributed by atoms with van der Waals surface area (Å²) in [4.78, 5) is 0. The number of hydrogen-bond acceptors (Lipinski definition) is 3. The van der Waals surface area contributed by atoms with E-state index < -0.39 is 19.2 Å². The van der Waals surface area contributed by atoms with Crippen LogP contribution in [0.1, 0.15) is 17.2 Å². The Morgan fingerprint density at radius 2 is 1.87 bits per heavy atom. The Kier molecular flexibility index (Phi) is 4.13. The van der Waals surface area contributed by atoms with Gasteiger partial charge in [-0.2, -0.15) is 0 Å². The van der Waals surface area contributed by atoms with Gasteiger partial charge < -0.3 is 5.11 Å². The maximum atomic E-state index is 11.3. The second-order valence-corrected chi connectivity index (χ2v) is 7.84. The van der Waals surface area contributed by atoms with Gasteiger partial charge in [-0.15, -0.1) is 0 Å². The van der Waals surface area contributed by atoms with E-state index in [1.165, 1.54) is 0 Å². The Labute approximate surface area is 104 Å². The predicted molar refractivity (Wildman–Crippen MR) is 68.8 cm³/mol. The third kappa shape index (κ3) is 3.15. The van der Waals surface area contributed by atoms with Gasteiger partial charge in [-0.1, -0.05) is 46.9 Å². The monoisotopic (exact) mass is 340 g/mol. The molecule has 0 saturated carbocycles. The predicted octanol–water partition coefficient (Wildman–Crippen LogP) is 1.83. The quantitative estimate of drug-likeness (QED) is 0.675. The topological polar surface area (TPSA) is 54.4 Å². The van der Waals surface area contributed by atoms with Crippen LogP contribution in [0.2, 0.25) is 0 Å². The Morgan fingerprint density at radius 3 is 2.33 bits per heavy atom. The zero-order valence-electron chi connectivity index (χ0n) is 8.51. The van der Waals surface area contributed by atoms with Gasteiger partial charge in [0.1, 0.15) is 9.36 Å². The molecular weight excluding hydrogens is 327 g/mol. The summed E-state index contributed by atoms with van der Waals surface area (Å²) in [6.45, 7) is 1.85. The van der Waals surface area contributed by atoms with E-state index in [1.54, 1.807) is 34.7 Å². The average molecular weight is 340 g/mol. The van der Waals surface area contributed by atoms with Crippen molar-refractivity contribution in [1.82, 2.24) is 0 Å². The molecule has 0 aliphatic rings. The molecule has 2 atom stereocenters. The molecule has 0 radical (unpaired) electrons. The molecule has 5 heteroatoms. The molecule has 0 fully saturated rings. The standard InChI is InChI=1S/C10H13IO3S/c1-7-5-3-4-6-8(7)9(12)10(11)15(2,13)14/h3-6,9-10,12H,1-2H3/t9-,10+/m0/s1. The average Bonchev–Trinajstić information content (AvgIpc) is 2.15. The smallest absolute Gasteiger partial charge is 0.162 e. The zero-order valence-corrected chi connectivity index (χ0v) is 11.5. The molecule has 0 unspecified atom stereocenters. The third-order valence-corrected chi connectivity index (χ3v) is 6.69. The summed E-state index contributed by atoms with van der Waals surface area (Å²) in [6.07, 6.45) is 0.160. The van der Waals surface area contributed by atoms with E-state index in [0.717, 1.165) is 11.8 Å². The van der Waals surface area contributed by atoms with E-state index in [0.29, 0.717) is 5.56 Å². The minimum atomic E-state index is -3.23. The highest BCUT2D eigenvalue weighted by Gasteiger charge is 2.27. The fourth-order valence-electron chi connectivity index (χ4n) is 1.29. The Bertz CT molecular complexity index is 442. The molecule has 0 aliphatic carbocycles. The highest BCUT2D eigenvalue weighted by atomic mass is 127. The second-order valence-electron chi connectivity index (χ2n) is 3.48. The molecule has 1 aromatic rings. The molecule has 0 spiro atoms. The molecule has 3 nitrogen and oxygen atoms in total. The van der Waals surface area contributed by atoms with Crippen LogP contribution in [0.3, 0.4) is 0 Å². The number of sulfone groups is 1. The molecule has 0 aromatic heterocycles. The van der Waals surface area contributed by atoms with Crippen LogP contribution in [-0.4, -0.2) is 23.0 Å². The SMILES string of the molecule is Cc1ccccc1[C@H](O)[C@H](I)S(C)(=O)=O. The number of aliphatic hydroxyl groups is 1. The highest BCUT2D eigenvalue weighted by molar-refractivity contribution is 14.1. The second kappa shape index (κ2) is 4.80. The van der Waals surface area contributed by atoms with Crippen molar-refractivity contribution in [2.24, 2.45) is 0 Å². The van der Waals surface area contributed by atoms with Gasteiger partial charge >= 0.3 is 0 Å². The van der Waals surface area contributed by atoms with Crippen molar-refractivity contribution in [2.75, 3.05) is 6.26 Å². The van der Waals surface area contributed by atoms with Crippen LogP contribution in [0.4, 0.5) is 0 Å². The van der Waals surface area contributed by atoms with E-state index in [1.807, 2.05) is 19.1 Å². The molecule has 0 aliphatic heterocycles. The number of benzene rings is 1. The van der Waals surface area contributed by atoms with Crippen LogP contribution in [0, 0.1) is 6.92 Å². The zero-order chi connectivity index (χ0) is 11.6. The van der Waals surface area contributed by atoms with Crippen LogP contribution < -0.4 is 0 Å². The van der Waals surface area contributed by atoms with Gasteiger partial charge in [0.2, 0.25) is 0 Å². The third-order valence-electron chi connectivity index (χ3n) is 2.16. The highest BCUT2D eigenvalue weighted by Crippen LogP contribution is 2.28. The van der Waals surface area contributed by atoms with Crippen molar-refractivity contribution in [1.29, 1.82) is 0 Å². The number of halogens is 1. The lowest BCUT2D eigenvalue weighted by atomic mass is 10.1. The molecule has 0 saturated heterocycles. The van der Waals surface area contributed by atoms with Crippen molar-refractivity contribution in [2.45, 2.75) is 16.3 Å². The maximum absolute atomic E-state index is 11.3. The number of alkyl halides is 1. The molecule has 0 bridgehead atoms. The lowest BCUT2D eigenvalue weighted by Crippen LogP contribution is -2.21. The number of hydrogen-bond donors (Lipinski definition) is 1. The van der Waals surface area contributed by atoms with Crippen LogP contribution in [0.25, 0.3) is 0 Å². The van der Waals surface area contributed by atoms with Gasteiger partial charge in [0.25, 0.3) is 0 Å². The van der Waals surface area contributed by atoms with Crippen molar-refractivity contribution in [3.63, 3.8) is 0 Å². The van der Waals surface area contributed by atoms with Gasteiger partial charge in [0.15, 0.2) is 9.84 Å². The molecule has 0 heterocycles. The lowest BCUT2D eigenvalue weighted by Gasteiger charge is -2.17. The molecule has 0 amide bonds. The molecule has 84 valence electrons. The van der Waals surface area contributed by atoms with Crippen molar-refractivity contribution in [3.05, 3.63) is 35.4 Å². The minimum absolute atomic E-state index is 0.669. The first-order valence-corrected chi connectivity index (χ1v) is 7.60. The first-order valence-electron chi connectivity index (χ1n) is 4.40. The summed E-state index contributed by atoms with van der Waals surface area (Å²) in [5.41, 5.74) is 1.57. The Hall–Kier alpha value is -0.140. The van der Waals surface area contributed by atoms with Crippen LogP contribution in [0.15, 0.2) is 24.3 Å². The Morgan fingerprint density at radius 1 is 1.33 bits per heavy atom. The molecule has 1 rings (SSSR count). The summed E-state index contributed by atoms with van der Waals surface area (Å²) in [6, 6.07) is 7.24. The normalized spacial score (nSPS) is 16.0. The summed E-state index contributed by atoms with van der Waals surface area (Å²) in [5.74, 6) is 0. The lowest BCUT2D eigenvalue weighted by molar-refractivity contribution is 0.196. The van der Waals surface area contributed by atoms with E-state index >= 15 is 0 Å². The number of aryl methyl sites for hydroxylation is 1. The van der Waals surface area contributed by atoms with E-state index in [4.69, 9.17) is 0 Å². The van der Waals surface area contributed by atoms with Gasteiger partial charge in [0.05, 0.1) is 0 Å². The van der Waals surface area contributed by atoms with Gasteiger partial charge in [-0.25, -0.2) is 8.42 Å². The van der Waals surface area contributed by atoms with Gasteiger partial charge in [0, 0.05) is 6.26 Å². The molecule has 15 heavy (non-hydrogen) atoms. The number of rotatable bonds is 3. The molecule has 1 N–H and O–H groups in total. The van der Waals surface area contributed by atoms with E-state index in [2.05, 4.69) is 0 Å². The maximum Gasteiger partial charge on any atom is 0.162 e. The Balaban J connectivity index is 3.06.